The molecule has 0 saturated heterocycles. The van der Waals surface area contributed by atoms with Gasteiger partial charge in [0.1, 0.15) is 6.26 Å². The van der Waals surface area contributed by atoms with Gasteiger partial charge in [0, 0.05) is 17.7 Å². The Balaban J connectivity index is 5.56. The Hall–Kier alpha value is -1.78. The summed E-state index contributed by atoms with van der Waals surface area (Å²) in [7, 11) is 0. The lowest BCUT2D eigenvalue weighted by Gasteiger charge is -2.29. The Morgan fingerprint density at radius 3 is 1.92 bits per heavy atom. The van der Waals surface area contributed by atoms with Crippen LogP contribution >= 0.6 is 0 Å². The van der Waals surface area contributed by atoms with E-state index in [9.17, 15) is 9.59 Å². The van der Waals surface area contributed by atoms with Crippen LogP contribution in [0.4, 0.5) is 4.79 Å². The number of carbonyl (C=O) groups is 2. The number of amides is 1. The average molecular weight is 354 g/mol. The molecule has 0 aliphatic rings. The highest BCUT2D eigenvalue weighted by molar-refractivity contribution is 5.77. The Labute approximate surface area is 153 Å². The predicted octanol–water partition coefficient (Wildman–Crippen LogP) is 4.93. The first-order chi connectivity index (χ1) is 11.5. The fourth-order valence-electron chi connectivity index (χ4n) is 2.72. The standard InChI is InChI=1S/C20H35NO4/c1-10-24-19(22)17(9)18(16(8)11-13(2)3)12-25-20(23)21(14(4)5)15(6)7/h11-15,17H,10H2,1-9H3/b16-11+,18-12-. The minimum Gasteiger partial charge on any atom is -0.466 e. The quantitative estimate of drug-likeness (QED) is 0.353. The van der Waals surface area contributed by atoms with E-state index >= 15 is 0 Å². The van der Waals surface area contributed by atoms with E-state index in [0.29, 0.717) is 18.1 Å². The lowest BCUT2D eigenvalue weighted by Crippen LogP contribution is -2.41. The maximum Gasteiger partial charge on any atom is 0.415 e. The van der Waals surface area contributed by atoms with E-state index in [-0.39, 0.29) is 18.1 Å². The van der Waals surface area contributed by atoms with Gasteiger partial charge in [-0.2, -0.15) is 0 Å². The topological polar surface area (TPSA) is 55.8 Å². The van der Waals surface area contributed by atoms with E-state index in [2.05, 4.69) is 13.8 Å². The molecule has 144 valence electrons. The summed E-state index contributed by atoms with van der Waals surface area (Å²) >= 11 is 0. The summed E-state index contributed by atoms with van der Waals surface area (Å²) in [5, 5.41) is 0. The monoisotopic (exact) mass is 353 g/mol. The van der Waals surface area contributed by atoms with Crippen LogP contribution < -0.4 is 0 Å². The zero-order valence-electron chi connectivity index (χ0n) is 17.3. The number of rotatable bonds is 8. The van der Waals surface area contributed by atoms with Gasteiger partial charge in [-0.25, -0.2) is 4.79 Å². The second-order valence-corrected chi connectivity index (χ2v) is 7.12. The highest BCUT2D eigenvalue weighted by Crippen LogP contribution is 2.23. The van der Waals surface area contributed by atoms with Gasteiger partial charge in [-0.1, -0.05) is 19.9 Å². The van der Waals surface area contributed by atoms with Crippen LogP contribution in [0.15, 0.2) is 23.5 Å². The first-order valence-corrected chi connectivity index (χ1v) is 9.07. The van der Waals surface area contributed by atoms with Gasteiger partial charge < -0.3 is 14.4 Å². The molecule has 0 aromatic heterocycles. The van der Waals surface area contributed by atoms with Gasteiger partial charge in [0.05, 0.1) is 12.5 Å². The van der Waals surface area contributed by atoms with Crippen molar-refractivity contribution in [2.75, 3.05) is 6.61 Å². The summed E-state index contributed by atoms with van der Waals surface area (Å²) in [6.45, 7) is 17.6. The van der Waals surface area contributed by atoms with Crippen molar-refractivity contribution < 1.29 is 19.1 Å². The summed E-state index contributed by atoms with van der Waals surface area (Å²) in [5.74, 6) is -0.517. The van der Waals surface area contributed by atoms with Crippen LogP contribution in [0.5, 0.6) is 0 Å². The minimum atomic E-state index is -0.505. The Morgan fingerprint density at radius 1 is 1.00 bits per heavy atom. The van der Waals surface area contributed by atoms with Crippen LogP contribution in [0, 0.1) is 11.8 Å². The van der Waals surface area contributed by atoms with Gasteiger partial charge >= 0.3 is 12.1 Å². The van der Waals surface area contributed by atoms with Crippen molar-refractivity contribution in [2.24, 2.45) is 11.8 Å². The third-order valence-electron chi connectivity index (χ3n) is 3.76. The number of carbonyl (C=O) groups excluding carboxylic acids is 2. The molecule has 0 aromatic carbocycles. The van der Waals surface area contributed by atoms with Gasteiger partial charge in [0.2, 0.25) is 0 Å². The molecule has 0 rings (SSSR count). The highest BCUT2D eigenvalue weighted by atomic mass is 16.5. The minimum absolute atomic E-state index is 0.0270. The molecule has 1 atom stereocenters. The lowest BCUT2D eigenvalue weighted by molar-refractivity contribution is -0.146. The van der Waals surface area contributed by atoms with Crippen LogP contribution in [0.25, 0.3) is 0 Å². The Kier molecular flexibility index (Phi) is 10.2. The molecule has 0 saturated carbocycles. The zero-order valence-corrected chi connectivity index (χ0v) is 17.3. The van der Waals surface area contributed by atoms with Gasteiger partial charge in [-0.3, -0.25) is 4.79 Å². The van der Waals surface area contributed by atoms with Crippen molar-refractivity contribution in [1.29, 1.82) is 0 Å². The Morgan fingerprint density at radius 2 is 1.52 bits per heavy atom. The summed E-state index contributed by atoms with van der Waals surface area (Å²) in [6.07, 6.45) is 3.02. The van der Waals surface area contributed by atoms with E-state index < -0.39 is 12.0 Å². The number of nitrogens with zero attached hydrogens (tertiary/aromatic N) is 1. The maximum absolute atomic E-state index is 12.4. The molecule has 0 fully saturated rings. The van der Waals surface area contributed by atoms with Crippen molar-refractivity contribution in [3.63, 3.8) is 0 Å². The van der Waals surface area contributed by atoms with Crippen molar-refractivity contribution in [3.05, 3.63) is 23.5 Å². The third-order valence-corrected chi connectivity index (χ3v) is 3.76. The summed E-state index contributed by atoms with van der Waals surface area (Å²) in [4.78, 5) is 26.2. The van der Waals surface area contributed by atoms with Crippen LogP contribution in [0.1, 0.15) is 62.3 Å². The average Bonchev–Trinajstić information content (AvgIpc) is 2.45. The number of ether oxygens (including phenoxy) is 2. The van der Waals surface area contributed by atoms with E-state index in [4.69, 9.17) is 9.47 Å². The molecule has 25 heavy (non-hydrogen) atoms. The molecule has 0 aromatic rings. The molecule has 0 bridgehead atoms. The van der Waals surface area contributed by atoms with Crippen LogP contribution in [-0.4, -0.2) is 35.7 Å². The molecule has 0 spiro atoms. The van der Waals surface area contributed by atoms with Gasteiger partial charge in [-0.05, 0) is 60.0 Å². The van der Waals surface area contributed by atoms with E-state index in [1.54, 1.807) is 18.7 Å². The maximum atomic E-state index is 12.4. The second kappa shape index (κ2) is 11.0. The van der Waals surface area contributed by atoms with Crippen molar-refractivity contribution >= 4 is 12.1 Å². The van der Waals surface area contributed by atoms with Crippen LogP contribution in [-0.2, 0) is 14.3 Å². The molecule has 0 aliphatic carbocycles. The summed E-state index contributed by atoms with van der Waals surface area (Å²) in [6, 6.07) is 0.0540. The number of allylic oxidation sites excluding steroid dienone is 2. The molecule has 5 heteroatoms. The van der Waals surface area contributed by atoms with E-state index in [1.165, 1.54) is 6.26 Å². The molecule has 0 N–H and O–H groups in total. The number of esters is 1. The second-order valence-electron chi connectivity index (χ2n) is 7.12. The molecule has 0 heterocycles. The lowest BCUT2D eigenvalue weighted by atomic mass is 9.94. The molecule has 5 nitrogen and oxygen atoms in total. The van der Waals surface area contributed by atoms with Gasteiger partial charge in [0.25, 0.3) is 0 Å². The molecule has 1 amide bonds. The summed E-state index contributed by atoms with van der Waals surface area (Å²) in [5.41, 5.74) is 1.57. The van der Waals surface area contributed by atoms with Crippen LogP contribution in [0.2, 0.25) is 0 Å². The number of hydrogen-bond donors (Lipinski definition) is 0. The van der Waals surface area contributed by atoms with E-state index in [0.717, 1.165) is 5.57 Å². The number of hydrogen-bond acceptors (Lipinski definition) is 4. The van der Waals surface area contributed by atoms with E-state index in [1.807, 2.05) is 40.7 Å². The van der Waals surface area contributed by atoms with Crippen molar-refractivity contribution in [2.45, 2.75) is 74.4 Å². The Bertz CT molecular complexity index is 496. The first-order valence-electron chi connectivity index (χ1n) is 9.07. The largest absolute Gasteiger partial charge is 0.466 e. The van der Waals surface area contributed by atoms with Gasteiger partial charge in [-0.15, -0.1) is 0 Å². The normalized spacial score (nSPS) is 14.1. The smallest absolute Gasteiger partial charge is 0.415 e. The van der Waals surface area contributed by atoms with Crippen molar-refractivity contribution in [3.8, 4) is 0 Å². The third kappa shape index (κ3) is 7.76. The van der Waals surface area contributed by atoms with Crippen LogP contribution in [0.3, 0.4) is 0 Å². The fraction of sp³-hybridized carbons (Fsp3) is 0.700. The fourth-order valence-corrected chi connectivity index (χ4v) is 2.72. The highest BCUT2D eigenvalue weighted by Gasteiger charge is 2.24. The predicted molar refractivity (Wildman–Crippen MR) is 101 cm³/mol. The zero-order chi connectivity index (χ0) is 19.7. The first kappa shape index (κ1) is 23.2. The summed E-state index contributed by atoms with van der Waals surface area (Å²) < 4.78 is 10.5. The molecular formula is C20H35NO4. The molecule has 0 aliphatic heterocycles. The van der Waals surface area contributed by atoms with Gasteiger partial charge in [0.15, 0.2) is 0 Å². The molecule has 1 unspecified atom stereocenters. The SMILES string of the molecule is CCOC(=O)C(C)C(=C\OC(=O)N(C(C)C)C(C)C)/C(C)=C/C(C)C. The molecular weight excluding hydrogens is 318 g/mol. The molecule has 0 radical (unpaired) electrons. The van der Waals surface area contributed by atoms with Crippen molar-refractivity contribution in [1.82, 2.24) is 4.90 Å².